The summed E-state index contributed by atoms with van der Waals surface area (Å²) in [6, 6.07) is 4.83. The molecule has 0 unspecified atom stereocenters. The lowest BCUT2D eigenvalue weighted by atomic mass is 10.0. The average Bonchev–Trinajstić information content (AvgIpc) is 2.16. The van der Waals surface area contributed by atoms with Crippen molar-refractivity contribution < 1.29 is 9.59 Å². The van der Waals surface area contributed by atoms with Gasteiger partial charge in [0.25, 0.3) is 5.24 Å². The van der Waals surface area contributed by atoms with Crippen LogP contribution in [0.4, 0.5) is 0 Å². The molecule has 0 spiro atoms. The summed E-state index contributed by atoms with van der Waals surface area (Å²) < 4.78 is 0.689. The van der Waals surface area contributed by atoms with E-state index in [1.54, 1.807) is 0 Å². The van der Waals surface area contributed by atoms with Gasteiger partial charge in [-0.15, -0.1) is 0 Å². The first-order valence-corrected chi connectivity index (χ1v) is 4.94. The lowest BCUT2D eigenvalue weighted by Gasteiger charge is -2.02. The van der Waals surface area contributed by atoms with Gasteiger partial charge >= 0.3 is 0 Å². The molecule has 0 amide bonds. The molecular formula is C9H3ClINO2. The highest BCUT2D eigenvalue weighted by atomic mass is 127. The van der Waals surface area contributed by atoms with Crippen molar-refractivity contribution in [2.75, 3.05) is 0 Å². The minimum atomic E-state index is -0.734. The van der Waals surface area contributed by atoms with E-state index in [-0.39, 0.29) is 16.7 Å². The standard InChI is InChI=1S/C9H3ClINO2/c10-9(14)7-2-6(11)1-5(3-12)8(7)4-13/h1-2,4H. The number of nitrogens with zero attached hydrogens (tertiary/aromatic N) is 1. The SMILES string of the molecule is N#Cc1cc(I)cc(C(=O)Cl)c1C=O. The van der Waals surface area contributed by atoms with Crippen molar-refractivity contribution in [3.8, 4) is 6.07 Å². The Morgan fingerprint density at radius 3 is 2.64 bits per heavy atom. The number of halogens is 2. The van der Waals surface area contributed by atoms with Crippen LogP contribution in [0.5, 0.6) is 0 Å². The third kappa shape index (κ3) is 2.11. The van der Waals surface area contributed by atoms with Gasteiger partial charge in [0, 0.05) is 14.7 Å². The number of carbonyl (C=O) groups is 2. The minimum absolute atomic E-state index is 0.0490. The largest absolute Gasteiger partial charge is 0.298 e. The van der Waals surface area contributed by atoms with Crippen molar-refractivity contribution in [1.29, 1.82) is 5.26 Å². The van der Waals surface area contributed by atoms with Gasteiger partial charge in [-0.25, -0.2) is 0 Å². The number of hydrogen-bond acceptors (Lipinski definition) is 3. The highest BCUT2D eigenvalue weighted by molar-refractivity contribution is 14.1. The Bertz CT molecular complexity index is 451. The van der Waals surface area contributed by atoms with Gasteiger partial charge in [-0.2, -0.15) is 5.26 Å². The van der Waals surface area contributed by atoms with Crippen LogP contribution in [0.15, 0.2) is 12.1 Å². The Labute approximate surface area is 98.8 Å². The van der Waals surface area contributed by atoms with Crippen LogP contribution in [0.2, 0.25) is 0 Å². The van der Waals surface area contributed by atoms with Crippen molar-refractivity contribution in [1.82, 2.24) is 0 Å². The molecule has 0 aromatic heterocycles. The van der Waals surface area contributed by atoms with Gasteiger partial charge in [0.1, 0.15) is 0 Å². The third-order valence-electron chi connectivity index (χ3n) is 1.59. The van der Waals surface area contributed by atoms with Crippen molar-refractivity contribution in [3.05, 3.63) is 32.4 Å². The maximum Gasteiger partial charge on any atom is 0.253 e. The molecule has 0 radical (unpaired) electrons. The molecular weight excluding hydrogens is 316 g/mol. The highest BCUT2D eigenvalue weighted by Gasteiger charge is 2.13. The summed E-state index contributed by atoms with van der Waals surface area (Å²) >= 11 is 7.22. The van der Waals surface area contributed by atoms with E-state index in [0.717, 1.165) is 0 Å². The van der Waals surface area contributed by atoms with E-state index in [0.29, 0.717) is 9.86 Å². The molecule has 0 aliphatic rings. The summed E-state index contributed by atoms with van der Waals surface area (Å²) in [5, 5.41) is 7.98. The molecule has 0 saturated heterocycles. The molecule has 0 saturated carbocycles. The Hall–Kier alpha value is -0.930. The van der Waals surface area contributed by atoms with E-state index in [4.69, 9.17) is 16.9 Å². The average molecular weight is 319 g/mol. The number of nitriles is 1. The molecule has 1 aromatic carbocycles. The number of rotatable bonds is 2. The van der Waals surface area contributed by atoms with Crippen LogP contribution in [0, 0.1) is 14.9 Å². The summed E-state index contributed by atoms with van der Waals surface area (Å²) in [5.74, 6) is 0. The van der Waals surface area contributed by atoms with Crippen molar-refractivity contribution in [3.63, 3.8) is 0 Å². The van der Waals surface area contributed by atoms with E-state index in [9.17, 15) is 9.59 Å². The number of hydrogen-bond donors (Lipinski definition) is 0. The van der Waals surface area contributed by atoms with Gasteiger partial charge in [0.15, 0.2) is 6.29 Å². The first-order valence-electron chi connectivity index (χ1n) is 3.48. The summed E-state index contributed by atoms with van der Waals surface area (Å²) in [6.45, 7) is 0. The zero-order chi connectivity index (χ0) is 10.7. The quantitative estimate of drug-likeness (QED) is 0.478. The Kier molecular flexibility index (Phi) is 3.61. The predicted molar refractivity (Wildman–Crippen MR) is 59.4 cm³/mol. The second-order valence-corrected chi connectivity index (χ2v) is 4.01. The molecule has 1 aromatic rings. The molecule has 0 fully saturated rings. The van der Waals surface area contributed by atoms with Gasteiger partial charge in [-0.1, -0.05) is 0 Å². The van der Waals surface area contributed by atoms with Crippen LogP contribution >= 0.6 is 34.2 Å². The smallest absolute Gasteiger partial charge is 0.253 e. The van der Waals surface area contributed by atoms with Gasteiger partial charge in [0.05, 0.1) is 11.6 Å². The van der Waals surface area contributed by atoms with Crippen LogP contribution in [0.1, 0.15) is 26.3 Å². The second-order valence-electron chi connectivity index (χ2n) is 2.42. The third-order valence-corrected chi connectivity index (χ3v) is 2.42. The van der Waals surface area contributed by atoms with Gasteiger partial charge < -0.3 is 0 Å². The lowest BCUT2D eigenvalue weighted by molar-refractivity contribution is 0.106. The molecule has 0 bridgehead atoms. The summed E-state index contributed by atoms with van der Waals surface area (Å²) in [6.07, 6.45) is 0.463. The Balaban J connectivity index is 3.57. The van der Waals surface area contributed by atoms with Gasteiger partial charge in [0.2, 0.25) is 0 Å². The van der Waals surface area contributed by atoms with Crippen molar-refractivity contribution in [2.45, 2.75) is 0 Å². The van der Waals surface area contributed by atoms with E-state index < -0.39 is 5.24 Å². The molecule has 0 aliphatic carbocycles. The molecule has 0 atom stereocenters. The second kappa shape index (κ2) is 4.53. The van der Waals surface area contributed by atoms with E-state index in [2.05, 4.69) is 0 Å². The van der Waals surface area contributed by atoms with Crippen LogP contribution in [0.25, 0.3) is 0 Å². The lowest BCUT2D eigenvalue weighted by Crippen LogP contribution is -2.00. The first kappa shape index (κ1) is 11.1. The molecule has 0 heterocycles. The summed E-state index contributed by atoms with van der Waals surface area (Å²) in [5.41, 5.74) is 0.286. The minimum Gasteiger partial charge on any atom is -0.298 e. The van der Waals surface area contributed by atoms with Crippen molar-refractivity contribution >= 4 is 45.7 Å². The maximum absolute atomic E-state index is 10.9. The fourth-order valence-electron chi connectivity index (χ4n) is 1.00. The summed E-state index contributed by atoms with van der Waals surface area (Å²) in [4.78, 5) is 21.6. The topological polar surface area (TPSA) is 57.9 Å². The molecule has 5 heteroatoms. The molecule has 0 aliphatic heterocycles. The zero-order valence-electron chi connectivity index (χ0n) is 6.75. The summed E-state index contributed by atoms with van der Waals surface area (Å²) in [7, 11) is 0. The van der Waals surface area contributed by atoms with E-state index in [1.165, 1.54) is 12.1 Å². The van der Waals surface area contributed by atoms with Gasteiger partial charge in [-0.3, -0.25) is 9.59 Å². The Morgan fingerprint density at radius 1 is 1.57 bits per heavy atom. The van der Waals surface area contributed by atoms with Gasteiger partial charge in [-0.05, 0) is 46.3 Å². The van der Waals surface area contributed by atoms with E-state index in [1.807, 2.05) is 28.7 Å². The molecule has 1 rings (SSSR count). The normalized spacial score (nSPS) is 9.21. The highest BCUT2D eigenvalue weighted by Crippen LogP contribution is 2.18. The van der Waals surface area contributed by atoms with Crippen LogP contribution in [0.3, 0.4) is 0 Å². The monoisotopic (exact) mass is 319 g/mol. The van der Waals surface area contributed by atoms with Crippen LogP contribution in [-0.2, 0) is 0 Å². The van der Waals surface area contributed by atoms with Crippen LogP contribution in [-0.4, -0.2) is 11.5 Å². The van der Waals surface area contributed by atoms with Crippen LogP contribution < -0.4 is 0 Å². The number of carbonyl (C=O) groups excluding carboxylic acids is 2. The number of benzene rings is 1. The Morgan fingerprint density at radius 2 is 2.21 bits per heavy atom. The predicted octanol–water partition coefficient (Wildman–Crippen LogP) is 2.35. The fourth-order valence-corrected chi connectivity index (χ4v) is 1.78. The van der Waals surface area contributed by atoms with Crippen molar-refractivity contribution in [2.24, 2.45) is 0 Å². The fraction of sp³-hybridized carbons (Fsp3) is 0. The maximum atomic E-state index is 10.9. The first-order chi connectivity index (χ1) is 6.60. The molecule has 3 nitrogen and oxygen atoms in total. The van der Waals surface area contributed by atoms with E-state index >= 15 is 0 Å². The number of aldehydes is 1. The molecule has 70 valence electrons. The molecule has 0 N–H and O–H groups in total. The molecule has 14 heavy (non-hydrogen) atoms. The zero-order valence-corrected chi connectivity index (χ0v) is 9.67.